The number of hydrogen-bond acceptors (Lipinski definition) is 5. The number of aromatic nitrogens is 2. The number of hydrogen-bond donors (Lipinski definition) is 1. The first-order valence-electron chi connectivity index (χ1n) is 7.58. The van der Waals surface area contributed by atoms with E-state index in [9.17, 15) is 19.7 Å². The number of non-ortho nitro benzene ring substituents is 1. The van der Waals surface area contributed by atoms with Crippen molar-refractivity contribution in [3.63, 3.8) is 0 Å². The van der Waals surface area contributed by atoms with Crippen LogP contribution in [0.15, 0.2) is 53.6 Å². The lowest BCUT2D eigenvalue weighted by molar-refractivity contribution is -0.384. The molecule has 1 amide bonds. The van der Waals surface area contributed by atoms with Gasteiger partial charge in [0.2, 0.25) is 5.91 Å². The first-order chi connectivity index (χ1) is 12.4. The summed E-state index contributed by atoms with van der Waals surface area (Å²) in [6, 6.07) is 9.56. The van der Waals surface area contributed by atoms with Crippen LogP contribution in [-0.4, -0.2) is 20.4 Å². The summed E-state index contributed by atoms with van der Waals surface area (Å²) < 4.78 is 1.13. The average Bonchev–Trinajstić information content (AvgIpc) is 2.61. The van der Waals surface area contributed by atoms with Gasteiger partial charge in [-0.05, 0) is 31.2 Å². The molecule has 0 bridgehead atoms. The van der Waals surface area contributed by atoms with Crippen molar-refractivity contribution in [2.75, 3.05) is 5.32 Å². The highest BCUT2D eigenvalue weighted by atomic mass is 35.5. The molecule has 0 fully saturated rings. The van der Waals surface area contributed by atoms with Crippen LogP contribution in [0.1, 0.15) is 13.0 Å². The van der Waals surface area contributed by atoms with Gasteiger partial charge < -0.3 is 5.32 Å². The maximum absolute atomic E-state index is 12.7. The van der Waals surface area contributed by atoms with Gasteiger partial charge in [0.05, 0.1) is 22.2 Å². The summed E-state index contributed by atoms with van der Waals surface area (Å²) in [7, 11) is 0. The van der Waals surface area contributed by atoms with Crippen molar-refractivity contribution in [2.45, 2.75) is 13.0 Å². The number of nitrogens with zero attached hydrogens (tertiary/aromatic N) is 3. The van der Waals surface area contributed by atoms with Crippen LogP contribution in [0.2, 0.25) is 5.02 Å². The van der Waals surface area contributed by atoms with Crippen LogP contribution in [0.3, 0.4) is 0 Å². The lowest BCUT2D eigenvalue weighted by atomic mass is 10.2. The first-order valence-corrected chi connectivity index (χ1v) is 7.96. The molecule has 1 heterocycles. The normalized spacial score (nSPS) is 11.9. The topological polar surface area (TPSA) is 107 Å². The number of rotatable bonds is 4. The van der Waals surface area contributed by atoms with Crippen LogP contribution in [0, 0.1) is 10.1 Å². The number of carbonyl (C=O) groups excluding carboxylic acids is 1. The second-order valence-corrected chi connectivity index (χ2v) is 6.03. The van der Waals surface area contributed by atoms with Gasteiger partial charge in [0.15, 0.2) is 0 Å². The van der Waals surface area contributed by atoms with Crippen molar-refractivity contribution in [1.82, 2.24) is 9.55 Å². The summed E-state index contributed by atoms with van der Waals surface area (Å²) >= 11 is 5.88. The van der Waals surface area contributed by atoms with Gasteiger partial charge in [0.1, 0.15) is 6.04 Å². The van der Waals surface area contributed by atoms with Crippen LogP contribution in [-0.2, 0) is 4.79 Å². The Morgan fingerprint density at radius 1 is 1.31 bits per heavy atom. The monoisotopic (exact) mass is 372 g/mol. The Hall–Kier alpha value is -3.26. The Morgan fingerprint density at radius 2 is 2.08 bits per heavy atom. The molecule has 2 aromatic carbocycles. The standard InChI is InChI=1S/C17H13ClN4O4/c1-10(16(23)20-12-4-2-3-11(18)7-12)21-9-19-15-6-5-13(22(25)26)8-14(15)17(21)24/h2-10H,1H3,(H,20,23)/t10-/m0/s1. The van der Waals surface area contributed by atoms with E-state index in [1.165, 1.54) is 25.4 Å². The minimum atomic E-state index is -0.877. The largest absolute Gasteiger partial charge is 0.324 e. The molecule has 1 atom stereocenters. The zero-order chi connectivity index (χ0) is 18.8. The Labute approximate surface area is 152 Å². The lowest BCUT2D eigenvalue weighted by Crippen LogP contribution is -2.31. The zero-order valence-electron chi connectivity index (χ0n) is 13.5. The van der Waals surface area contributed by atoms with Crippen molar-refractivity contribution in [1.29, 1.82) is 0 Å². The van der Waals surface area contributed by atoms with Gasteiger partial charge in [-0.3, -0.25) is 24.3 Å². The van der Waals surface area contributed by atoms with Crippen molar-refractivity contribution in [2.24, 2.45) is 0 Å². The van der Waals surface area contributed by atoms with Crippen LogP contribution >= 0.6 is 11.6 Å². The predicted molar refractivity (Wildman–Crippen MR) is 97.5 cm³/mol. The molecule has 26 heavy (non-hydrogen) atoms. The van der Waals surface area contributed by atoms with Gasteiger partial charge in [-0.15, -0.1) is 0 Å². The molecule has 0 saturated carbocycles. The number of amides is 1. The van der Waals surface area contributed by atoms with E-state index in [-0.39, 0.29) is 11.1 Å². The Morgan fingerprint density at radius 3 is 2.77 bits per heavy atom. The fourth-order valence-electron chi connectivity index (χ4n) is 2.45. The van der Waals surface area contributed by atoms with Crippen LogP contribution in [0.5, 0.6) is 0 Å². The zero-order valence-corrected chi connectivity index (χ0v) is 14.3. The van der Waals surface area contributed by atoms with E-state index in [1.54, 1.807) is 24.3 Å². The van der Waals surface area contributed by atoms with E-state index in [0.717, 1.165) is 10.6 Å². The van der Waals surface area contributed by atoms with Crippen LogP contribution < -0.4 is 10.9 Å². The van der Waals surface area contributed by atoms with Crippen molar-refractivity contribution in [3.8, 4) is 0 Å². The van der Waals surface area contributed by atoms with Crippen molar-refractivity contribution >= 4 is 39.8 Å². The third-order valence-corrected chi connectivity index (χ3v) is 4.10. The van der Waals surface area contributed by atoms with E-state index >= 15 is 0 Å². The van der Waals surface area contributed by atoms with Crippen LogP contribution in [0.4, 0.5) is 11.4 Å². The van der Waals surface area contributed by atoms with Gasteiger partial charge >= 0.3 is 0 Å². The number of nitro benzene ring substituents is 1. The van der Waals surface area contributed by atoms with Gasteiger partial charge in [-0.2, -0.15) is 0 Å². The molecule has 1 N–H and O–H groups in total. The van der Waals surface area contributed by atoms with Gasteiger partial charge in [-0.1, -0.05) is 17.7 Å². The highest BCUT2D eigenvalue weighted by molar-refractivity contribution is 6.30. The molecular weight excluding hydrogens is 360 g/mol. The second-order valence-electron chi connectivity index (χ2n) is 5.59. The number of carbonyl (C=O) groups is 1. The van der Waals surface area contributed by atoms with Crippen molar-refractivity contribution < 1.29 is 9.72 Å². The highest BCUT2D eigenvalue weighted by Gasteiger charge is 2.19. The molecule has 0 aliphatic carbocycles. The minimum Gasteiger partial charge on any atom is -0.324 e. The van der Waals surface area contributed by atoms with Crippen molar-refractivity contribution in [3.05, 3.63) is 74.3 Å². The fraction of sp³-hybridized carbons (Fsp3) is 0.118. The summed E-state index contributed by atoms with van der Waals surface area (Å²) in [6.45, 7) is 1.53. The molecule has 0 unspecified atom stereocenters. The molecule has 8 nitrogen and oxygen atoms in total. The molecule has 0 radical (unpaired) electrons. The fourth-order valence-corrected chi connectivity index (χ4v) is 2.64. The summed E-state index contributed by atoms with van der Waals surface area (Å²) in [4.78, 5) is 39.5. The third-order valence-electron chi connectivity index (χ3n) is 3.87. The molecule has 0 aliphatic rings. The van der Waals surface area contributed by atoms with E-state index < -0.39 is 22.4 Å². The summed E-state index contributed by atoms with van der Waals surface area (Å²) in [6.07, 6.45) is 1.25. The number of halogens is 1. The third kappa shape index (κ3) is 3.40. The summed E-state index contributed by atoms with van der Waals surface area (Å²) in [5, 5.41) is 14.1. The number of nitro groups is 1. The Bertz CT molecular complexity index is 1080. The molecular formula is C17H13ClN4O4. The second kappa shape index (κ2) is 6.93. The smallest absolute Gasteiger partial charge is 0.270 e. The number of benzene rings is 2. The maximum Gasteiger partial charge on any atom is 0.270 e. The highest BCUT2D eigenvalue weighted by Crippen LogP contribution is 2.19. The van der Waals surface area contributed by atoms with Gasteiger partial charge in [-0.25, -0.2) is 4.98 Å². The Balaban J connectivity index is 1.96. The number of fused-ring (bicyclic) bond motifs is 1. The molecule has 1 aromatic heterocycles. The van der Waals surface area contributed by atoms with E-state index in [1.807, 2.05) is 0 Å². The molecule has 3 aromatic rings. The van der Waals surface area contributed by atoms with Gasteiger partial charge in [0.25, 0.3) is 11.2 Å². The number of anilines is 1. The van der Waals surface area contributed by atoms with E-state index in [2.05, 4.69) is 10.3 Å². The summed E-state index contributed by atoms with van der Waals surface area (Å²) in [5.41, 5.74) is 0.0590. The van der Waals surface area contributed by atoms with Gasteiger partial charge in [0, 0.05) is 22.8 Å². The first kappa shape index (κ1) is 17.6. The quantitative estimate of drug-likeness (QED) is 0.559. The SMILES string of the molecule is C[C@@H](C(=O)Nc1cccc(Cl)c1)n1cnc2ccc([N+](=O)[O-])cc2c1=O. The van der Waals surface area contributed by atoms with Crippen LogP contribution in [0.25, 0.3) is 10.9 Å². The maximum atomic E-state index is 12.7. The van der Waals surface area contributed by atoms with E-state index in [0.29, 0.717) is 16.2 Å². The minimum absolute atomic E-state index is 0.0732. The number of nitrogens with one attached hydrogen (secondary N) is 1. The average molecular weight is 373 g/mol. The molecule has 132 valence electrons. The van der Waals surface area contributed by atoms with E-state index in [4.69, 9.17) is 11.6 Å². The molecule has 9 heteroatoms. The molecule has 0 saturated heterocycles. The lowest BCUT2D eigenvalue weighted by Gasteiger charge is -2.15. The summed E-state index contributed by atoms with van der Waals surface area (Å²) in [5.74, 6) is -0.444. The molecule has 3 rings (SSSR count). The molecule has 0 spiro atoms. The molecule has 0 aliphatic heterocycles. The Kier molecular flexibility index (Phi) is 4.68. The predicted octanol–water partition coefficient (Wildman–Crippen LogP) is 3.16.